The number of nitrogens with zero attached hydrogens (tertiary/aromatic N) is 3. The van der Waals surface area contributed by atoms with Gasteiger partial charge in [-0.2, -0.15) is 5.10 Å². The molecular formula is C21H18N4O4. The maximum absolute atomic E-state index is 12.4. The van der Waals surface area contributed by atoms with E-state index in [0.29, 0.717) is 22.4 Å². The quantitative estimate of drug-likeness (QED) is 0.521. The Morgan fingerprint density at radius 1 is 1.14 bits per heavy atom. The van der Waals surface area contributed by atoms with Crippen LogP contribution in [0.5, 0.6) is 0 Å². The fraction of sp³-hybridized carbons (Fsp3) is 0.190. The molecule has 0 fully saturated rings. The largest absolute Gasteiger partial charge is 0.452 e. The molecule has 0 unspecified atom stereocenters. The monoisotopic (exact) mass is 390 g/mol. The van der Waals surface area contributed by atoms with Gasteiger partial charge in [0.15, 0.2) is 6.10 Å². The van der Waals surface area contributed by atoms with Gasteiger partial charge < -0.3 is 9.15 Å². The van der Waals surface area contributed by atoms with Crippen LogP contribution in [0.1, 0.15) is 30.2 Å². The van der Waals surface area contributed by atoms with Crippen LogP contribution in [0.4, 0.5) is 0 Å². The average Bonchev–Trinajstić information content (AvgIpc) is 3.21. The van der Waals surface area contributed by atoms with Gasteiger partial charge in [0.05, 0.1) is 17.5 Å². The number of aromatic nitrogens is 4. The molecule has 0 bridgehead atoms. The smallest absolute Gasteiger partial charge is 0.312 e. The number of aryl methyl sites for hydroxylation is 1. The molecule has 8 nitrogen and oxygen atoms in total. The number of ether oxygens (including phenoxy) is 1. The molecule has 0 saturated heterocycles. The first-order valence-electron chi connectivity index (χ1n) is 9.07. The molecule has 0 amide bonds. The van der Waals surface area contributed by atoms with E-state index >= 15 is 0 Å². The van der Waals surface area contributed by atoms with E-state index in [-0.39, 0.29) is 17.9 Å². The summed E-state index contributed by atoms with van der Waals surface area (Å²) in [5.74, 6) is 0.0477. The van der Waals surface area contributed by atoms with E-state index in [1.165, 1.54) is 0 Å². The Morgan fingerprint density at radius 2 is 1.93 bits per heavy atom. The number of fused-ring (bicyclic) bond motifs is 1. The van der Waals surface area contributed by atoms with Crippen LogP contribution in [-0.2, 0) is 16.0 Å². The van der Waals surface area contributed by atoms with Gasteiger partial charge in [-0.05, 0) is 32.0 Å². The molecule has 2 aromatic heterocycles. The van der Waals surface area contributed by atoms with E-state index < -0.39 is 12.1 Å². The predicted octanol–water partition coefficient (Wildman–Crippen LogP) is 3.13. The highest BCUT2D eigenvalue weighted by Crippen LogP contribution is 2.23. The minimum Gasteiger partial charge on any atom is -0.452 e. The molecule has 0 aliphatic rings. The number of hydrogen-bond donors (Lipinski definition) is 1. The Kier molecular flexibility index (Phi) is 4.90. The lowest BCUT2D eigenvalue weighted by atomic mass is 10.1. The van der Waals surface area contributed by atoms with E-state index in [1.54, 1.807) is 31.2 Å². The minimum atomic E-state index is -0.720. The molecule has 146 valence electrons. The molecule has 4 rings (SSSR count). The number of rotatable bonds is 5. The fourth-order valence-electron chi connectivity index (χ4n) is 3.03. The van der Waals surface area contributed by atoms with Gasteiger partial charge >= 0.3 is 5.97 Å². The third-order valence-electron chi connectivity index (χ3n) is 4.45. The van der Waals surface area contributed by atoms with E-state index in [0.717, 1.165) is 11.1 Å². The molecule has 8 heteroatoms. The van der Waals surface area contributed by atoms with Gasteiger partial charge in [-0.25, -0.2) is 5.10 Å². The van der Waals surface area contributed by atoms with Crippen LogP contribution >= 0.6 is 0 Å². The van der Waals surface area contributed by atoms with Crippen LogP contribution in [0.25, 0.3) is 22.2 Å². The summed E-state index contributed by atoms with van der Waals surface area (Å²) in [4.78, 5) is 24.3. The summed E-state index contributed by atoms with van der Waals surface area (Å²) in [7, 11) is 0. The molecule has 0 saturated carbocycles. The summed E-state index contributed by atoms with van der Waals surface area (Å²) in [5, 5.41) is 15.5. The fourth-order valence-corrected chi connectivity index (χ4v) is 3.03. The zero-order valence-corrected chi connectivity index (χ0v) is 15.9. The molecule has 0 radical (unpaired) electrons. The molecule has 2 heterocycles. The normalized spacial score (nSPS) is 12.1. The Balaban J connectivity index is 1.48. The van der Waals surface area contributed by atoms with E-state index in [1.807, 2.05) is 31.2 Å². The summed E-state index contributed by atoms with van der Waals surface area (Å²) in [6, 6.07) is 14.6. The van der Waals surface area contributed by atoms with Crippen LogP contribution in [0, 0.1) is 6.92 Å². The Labute approximate surface area is 165 Å². The zero-order chi connectivity index (χ0) is 20.4. The standard InChI is InChI=1S/C21H18N4O4/c1-12-6-5-7-14(10-12)21-25-24-20(29-21)13(2)28-18(26)11-17-15-8-3-4-9-16(15)19(27)23-22-17/h3-10,13H,11H2,1-2H3,(H,23,27)/t13-/m1/s1. The average molecular weight is 390 g/mol. The highest BCUT2D eigenvalue weighted by atomic mass is 16.6. The van der Waals surface area contributed by atoms with Crippen molar-refractivity contribution >= 4 is 16.7 Å². The first kappa shape index (κ1) is 18.5. The molecule has 0 spiro atoms. The van der Waals surface area contributed by atoms with Gasteiger partial charge in [0.25, 0.3) is 11.4 Å². The van der Waals surface area contributed by atoms with Gasteiger partial charge in [-0.15, -0.1) is 10.2 Å². The highest BCUT2D eigenvalue weighted by Gasteiger charge is 2.20. The van der Waals surface area contributed by atoms with E-state index in [2.05, 4.69) is 20.4 Å². The van der Waals surface area contributed by atoms with Gasteiger partial charge in [0.2, 0.25) is 5.89 Å². The highest BCUT2D eigenvalue weighted by molar-refractivity contribution is 5.86. The molecule has 0 aliphatic carbocycles. The third kappa shape index (κ3) is 3.91. The molecular weight excluding hydrogens is 372 g/mol. The molecule has 0 aliphatic heterocycles. The van der Waals surface area contributed by atoms with Crippen LogP contribution < -0.4 is 5.56 Å². The molecule has 1 N–H and O–H groups in total. The summed E-state index contributed by atoms with van der Waals surface area (Å²) >= 11 is 0. The number of benzene rings is 2. The number of aromatic amines is 1. The summed E-state index contributed by atoms with van der Waals surface area (Å²) in [6.07, 6.45) is -0.817. The number of carbonyl (C=O) groups excluding carboxylic acids is 1. The zero-order valence-electron chi connectivity index (χ0n) is 15.9. The van der Waals surface area contributed by atoms with Gasteiger partial charge in [-0.3, -0.25) is 9.59 Å². The van der Waals surface area contributed by atoms with Crippen LogP contribution in [0.2, 0.25) is 0 Å². The van der Waals surface area contributed by atoms with Crippen LogP contribution in [0.3, 0.4) is 0 Å². The lowest BCUT2D eigenvalue weighted by molar-refractivity contribution is -0.148. The first-order valence-corrected chi connectivity index (χ1v) is 9.07. The van der Waals surface area contributed by atoms with Crippen molar-refractivity contribution in [1.82, 2.24) is 20.4 Å². The molecule has 1 atom stereocenters. The van der Waals surface area contributed by atoms with E-state index in [4.69, 9.17) is 9.15 Å². The predicted molar refractivity (Wildman–Crippen MR) is 105 cm³/mol. The Morgan fingerprint density at radius 3 is 2.72 bits per heavy atom. The Hall–Kier alpha value is -3.81. The summed E-state index contributed by atoms with van der Waals surface area (Å²) in [6.45, 7) is 3.63. The van der Waals surface area contributed by atoms with Crippen molar-refractivity contribution in [2.24, 2.45) is 0 Å². The number of hydrogen-bond acceptors (Lipinski definition) is 7. The number of H-pyrrole nitrogens is 1. The van der Waals surface area contributed by atoms with Crippen molar-refractivity contribution in [1.29, 1.82) is 0 Å². The lowest BCUT2D eigenvalue weighted by Crippen LogP contribution is -2.16. The van der Waals surface area contributed by atoms with Crippen molar-refractivity contribution in [3.8, 4) is 11.5 Å². The summed E-state index contributed by atoms with van der Waals surface area (Å²) in [5.41, 5.74) is 2.00. The second-order valence-electron chi connectivity index (χ2n) is 6.67. The number of esters is 1. The van der Waals surface area contributed by atoms with Crippen molar-refractivity contribution in [2.75, 3.05) is 0 Å². The van der Waals surface area contributed by atoms with Crippen LogP contribution in [0.15, 0.2) is 57.7 Å². The Bertz CT molecular complexity index is 1240. The topological polar surface area (TPSA) is 111 Å². The molecule has 29 heavy (non-hydrogen) atoms. The second-order valence-corrected chi connectivity index (χ2v) is 6.67. The van der Waals surface area contributed by atoms with Gasteiger partial charge in [0.1, 0.15) is 0 Å². The lowest BCUT2D eigenvalue weighted by Gasteiger charge is -2.10. The van der Waals surface area contributed by atoms with Crippen LogP contribution in [-0.4, -0.2) is 26.4 Å². The second kappa shape index (κ2) is 7.67. The maximum atomic E-state index is 12.4. The molecule has 4 aromatic rings. The molecule has 2 aromatic carbocycles. The number of carbonyl (C=O) groups is 1. The SMILES string of the molecule is Cc1cccc(-c2nnc([C@@H](C)OC(=O)Cc3n[nH]c(=O)c4ccccc34)o2)c1. The number of nitrogens with one attached hydrogen (secondary N) is 1. The maximum Gasteiger partial charge on any atom is 0.312 e. The van der Waals surface area contributed by atoms with Crippen molar-refractivity contribution < 1.29 is 13.9 Å². The van der Waals surface area contributed by atoms with Crippen molar-refractivity contribution in [3.63, 3.8) is 0 Å². The van der Waals surface area contributed by atoms with Crippen molar-refractivity contribution in [3.05, 3.63) is 76.0 Å². The first-order chi connectivity index (χ1) is 14.0. The van der Waals surface area contributed by atoms with Gasteiger partial charge in [-0.1, -0.05) is 35.9 Å². The minimum absolute atomic E-state index is 0.0967. The van der Waals surface area contributed by atoms with Crippen molar-refractivity contribution in [2.45, 2.75) is 26.4 Å². The van der Waals surface area contributed by atoms with Gasteiger partial charge in [0, 0.05) is 10.9 Å². The van der Waals surface area contributed by atoms with E-state index in [9.17, 15) is 9.59 Å². The summed E-state index contributed by atoms with van der Waals surface area (Å²) < 4.78 is 11.1. The third-order valence-corrected chi connectivity index (χ3v) is 4.45.